The number of nitrogens with one attached hydrogen (secondary N) is 1. The van der Waals surface area contributed by atoms with Crippen LogP contribution in [0.4, 0.5) is 5.69 Å². The van der Waals surface area contributed by atoms with Gasteiger partial charge in [0.2, 0.25) is 5.91 Å². The van der Waals surface area contributed by atoms with Crippen LogP contribution in [0, 0.1) is 0 Å². The molecule has 3 aromatic heterocycles. The summed E-state index contributed by atoms with van der Waals surface area (Å²) >= 11 is 1.18. The summed E-state index contributed by atoms with van der Waals surface area (Å²) in [6.45, 7) is 1.62. The molecule has 4 heterocycles. The van der Waals surface area contributed by atoms with Gasteiger partial charge in [-0.1, -0.05) is 0 Å². The van der Waals surface area contributed by atoms with E-state index in [1.807, 2.05) is 18.2 Å². The molecule has 28 heavy (non-hydrogen) atoms. The number of carbonyl (C=O) groups is 1. The fourth-order valence-electron chi connectivity index (χ4n) is 3.03. The van der Waals surface area contributed by atoms with E-state index in [-0.39, 0.29) is 23.2 Å². The molecule has 0 saturated carbocycles. The summed E-state index contributed by atoms with van der Waals surface area (Å²) in [4.78, 5) is 22.3. The van der Waals surface area contributed by atoms with Gasteiger partial charge < -0.3 is 10.2 Å². The SMILES string of the molecule is O=C1CN(S(=O)(=O)c2cc3ncccc3s2)CCN1CCNc1ccncc1. The van der Waals surface area contributed by atoms with Crippen LogP contribution in [-0.4, -0.2) is 66.2 Å². The predicted molar refractivity (Wildman–Crippen MR) is 108 cm³/mol. The van der Waals surface area contributed by atoms with Crippen LogP contribution in [0.1, 0.15) is 0 Å². The largest absolute Gasteiger partial charge is 0.383 e. The van der Waals surface area contributed by atoms with Gasteiger partial charge in [0.15, 0.2) is 0 Å². The van der Waals surface area contributed by atoms with Gasteiger partial charge in [-0.25, -0.2) is 8.42 Å². The van der Waals surface area contributed by atoms with E-state index < -0.39 is 10.0 Å². The molecule has 3 aromatic rings. The minimum Gasteiger partial charge on any atom is -0.383 e. The van der Waals surface area contributed by atoms with Crippen LogP contribution in [0.15, 0.2) is 53.1 Å². The molecule has 10 heteroatoms. The molecule has 1 saturated heterocycles. The van der Waals surface area contributed by atoms with E-state index >= 15 is 0 Å². The van der Waals surface area contributed by atoms with Crippen LogP contribution < -0.4 is 5.32 Å². The Bertz CT molecular complexity index is 1050. The highest BCUT2D eigenvalue weighted by Crippen LogP contribution is 2.30. The Hall–Kier alpha value is -2.56. The number of amides is 1. The molecule has 0 aliphatic carbocycles. The Morgan fingerprint density at radius 3 is 2.71 bits per heavy atom. The maximum atomic E-state index is 12.9. The van der Waals surface area contributed by atoms with Gasteiger partial charge in [0, 0.05) is 50.5 Å². The summed E-state index contributed by atoms with van der Waals surface area (Å²) in [6, 6.07) is 8.89. The minimum atomic E-state index is -3.70. The highest BCUT2D eigenvalue weighted by atomic mass is 32.2. The van der Waals surface area contributed by atoms with E-state index in [1.165, 1.54) is 15.6 Å². The maximum Gasteiger partial charge on any atom is 0.253 e. The fraction of sp³-hybridized carbons (Fsp3) is 0.278. The van der Waals surface area contributed by atoms with Crippen molar-refractivity contribution in [1.29, 1.82) is 0 Å². The number of fused-ring (bicyclic) bond motifs is 1. The summed E-state index contributed by atoms with van der Waals surface area (Å²) in [5.74, 6) is -0.189. The monoisotopic (exact) mass is 417 g/mol. The number of hydrogen-bond donors (Lipinski definition) is 1. The van der Waals surface area contributed by atoms with Gasteiger partial charge in [0.05, 0.1) is 16.8 Å². The van der Waals surface area contributed by atoms with Crippen LogP contribution in [0.25, 0.3) is 10.2 Å². The van der Waals surface area contributed by atoms with E-state index in [4.69, 9.17) is 0 Å². The summed E-state index contributed by atoms with van der Waals surface area (Å²) < 4.78 is 28.1. The van der Waals surface area contributed by atoms with Crippen molar-refractivity contribution in [2.24, 2.45) is 0 Å². The topological polar surface area (TPSA) is 95.5 Å². The molecule has 1 fully saturated rings. The lowest BCUT2D eigenvalue weighted by Crippen LogP contribution is -2.52. The average molecular weight is 418 g/mol. The minimum absolute atomic E-state index is 0.140. The smallest absolute Gasteiger partial charge is 0.253 e. The summed E-state index contributed by atoms with van der Waals surface area (Å²) in [7, 11) is -3.70. The first-order valence-corrected chi connectivity index (χ1v) is 11.1. The summed E-state index contributed by atoms with van der Waals surface area (Å²) in [6.07, 6.45) is 5.02. The highest BCUT2D eigenvalue weighted by Gasteiger charge is 2.33. The lowest BCUT2D eigenvalue weighted by Gasteiger charge is -2.33. The van der Waals surface area contributed by atoms with Gasteiger partial charge in [0.25, 0.3) is 10.0 Å². The van der Waals surface area contributed by atoms with Gasteiger partial charge in [-0.15, -0.1) is 11.3 Å². The van der Waals surface area contributed by atoms with Crippen molar-refractivity contribution in [3.63, 3.8) is 0 Å². The van der Waals surface area contributed by atoms with Gasteiger partial charge in [-0.3, -0.25) is 14.8 Å². The third kappa shape index (κ3) is 3.84. The summed E-state index contributed by atoms with van der Waals surface area (Å²) in [5, 5.41) is 3.22. The number of anilines is 1. The fourth-order valence-corrected chi connectivity index (χ4v) is 5.91. The Morgan fingerprint density at radius 2 is 1.96 bits per heavy atom. The highest BCUT2D eigenvalue weighted by molar-refractivity contribution is 7.91. The van der Waals surface area contributed by atoms with E-state index in [0.717, 1.165) is 10.4 Å². The molecule has 0 unspecified atom stereocenters. The van der Waals surface area contributed by atoms with Crippen molar-refractivity contribution >= 4 is 43.2 Å². The van der Waals surface area contributed by atoms with Crippen LogP contribution in [-0.2, 0) is 14.8 Å². The third-order valence-corrected chi connectivity index (χ3v) is 7.92. The van der Waals surface area contributed by atoms with E-state index in [9.17, 15) is 13.2 Å². The molecule has 1 amide bonds. The third-order valence-electron chi connectivity index (χ3n) is 4.53. The second kappa shape index (κ2) is 7.82. The number of nitrogens with zero attached hydrogens (tertiary/aromatic N) is 4. The quantitative estimate of drug-likeness (QED) is 0.655. The predicted octanol–water partition coefficient (Wildman–Crippen LogP) is 1.64. The molecule has 0 bridgehead atoms. The van der Waals surface area contributed by atoms with Gasteiger partial charge >= 0.3 is 0 Å². The molecular weight excluding hydrogens is 398 g/mol. The Morgan fingerprint density at radius 1 is 1.14 bits per heavy atom. The van der Waals surface area contributed by atoms with Crippen LogP contribution in [0.3, 0.4) is 0 Å². The lowest BCUT2D eigenvalue weighted by atomic mass is 10.3. The summed E-state index contributed by atoms with van der Waals surface area (Å²) in [5.41, 5.74) is 1.58. The first-order chi connectivity index (χ1) is 13.5. The molecule has 1 N–H and O–H groups in total. The van der Waals surface area contributed by atoms with E-state index in [1.54, 1.807) is 35.6 Å². The molecule has 4 rings (SSSR count). The number of carbonyl (C=O) groups excluding carboxylic acids is 1. The van der Waals surface area contributed by atoms with Crippen molar-refractivity contribution in [2.45, 2.75) is 4.21 Å². The first-order valence-electron chi connectivity index (χ1n) is 8.80. The van der Waals surface area contributed by atoms with Crippen molar-refractivity contribution in [3.05, 3.63) is 48.9 Å². The molecule has 0 spiro atoms. The zero-order valence-electron chi connectivity index (χ0n) is 15.0. The number of rotatable bonds is 6. The Balaban J connectivity index is 1.38. The van der Waals surface area contributed by atoms with Gasteiger partial charge in [-0.2, -0.15) is 4.31 Å². The van der Waals surface area contributed by atoms with E-state index in [0.29, 0.717) is 25.2 Å². The number of thiophene rings is 1. The van der Waals surface area contributed by atoms with E-state index in [2.05, 4.69) is 15.3 Å². The molecule has 1 aliphatic heterocycles. The number of sulfonamides is 1. The molecular formula is C18H19N5O3S2. The normalized spacial score (nSPS) is 15.9. The van der Waals surface area contributed by atoms with Crippen LogP contribution >= 0.6 is 11.3 Å². The van der Waals surface area contributed by atoms with Crippen molar-refractivity contribution < 1.29 is 13.2 Å². The van der Waals surface area contributed by atoms with Crippen molar-refractivity contribution in [1.82, 2.24) is 19.2 Å². The lowest BCUT2D eigenvalue weighted by molar-refractivity contribution is -0.133. The number of piperazine rings is 1. The second-order valence-electron chi connectivity index (χ2n) is 6.33. The van der Waals surface area contributed by atoms with Gasteiger partial charge in [0.1, 0.15) is 4.21 Å². The molecule has 8 nitrogen and oxygen atoms in total. The number of pyridine rings is 2. The number of hydrogen-bond acceptors (Lipinski definition) is 7. The van der Waals surface area contributed by atoms with Crippen molar-refractivity contribution in [2.75, 3.05) is 38.0 Å². The molecule has 1 aliphatic rings. The van der Waals surface area contributed by atoms with Gasteiger partial charge in [-0.05, 0) is 30.3 Å². The standard InChI is InChI=1S/C18H19N5O3S2/c24-17-13-23(11-10-22(17)9-8-20-14-3-6-19-7-4-14)28(25,26)18-12-15-16(27-18)2-1-5-21-15/h1-7,12H,8-11,13H2,(H,19,20). The van der Waals surface area contributed by atoms with Crippen LogP contribution in [0.2, 0.25) is 0 Å². The van der Waals surface area contributed by atoms with Crippen LogP contribution in [0.5, 0.6) is 0 Å². The zero-order chi connectivity index (χ0) is 19.6. The molecule has 146 valence electrons. The van der Waals surface area contributed by atoms with Crippen molar-refractivity contribution in [3.8, 4) is 0 Å². The average Bonchev–Trinajstić information content (AvgIpc) is 3.15. The molecule has 0 aromatic carbocycles. The Labute approximate surface area is 166 Å². The Kier molecular flexibility index (Phi) is 5.25. The maximum absolute atomic E-state index is 12.9. The first kappa shape index (κ1) is 18.8. The molecule has 0 radical (unpaired) electrons. The zero-order valence-corrected chi connectivity index (χ0v) is 16.6. The molecule has 0 atom stereocenters. The second-order valence-corrected chi connectivity index (χ2v) is 9.58. The number of aromatic nitrogens is 2.